The van der Waals surface area contributed by atoms with E-state index in [1.165, 1.54) is 11.2 Å². The molecule has 0 bridgehead atoms. The molecule has 4 nitrogen and oxygen atoms in total. The Hall–Kier alpha value is -2.18. The number of carbonyl (C=O) groups is 1. The second kappa shape index (κ2) is 5.31. The maximum Gasteiger partial charge on any atom is 0.223 e. The van der Waals surface area contributed by atoms with E-state index in [1.54, 1.807) is 0 Å². The zero-order valence-corrected chi connectivity index (χ0v) is 11.0. The van der Waals surface area contributed by atoms with Crippen molar-refractivity contribution in [2.45, 2.75) is 12.3 Å². The molecule has 110 valence electrons. The molecule has 1 atom stereocenters. The lowest BCUT2D eigenvalue weighted by atomic mass is 9.97. The summed E-state index contributed by atoms with van der Waals surface area (Å²) in [7, 11) is 0. The molecule has 3 rings (SSSR count). The minimum Gasteiger partial charge on any atom is -0.336 e. The number of likely N-dealkylation sites (tertiary alicyclic amines) is 1. The molecule has 1 aromatic rings. The van der Waals surface area contributed by atoms with Gasteiger partial charge in [-0.1, -0.05) is 0 Å². The monoisotopic (exact) mass is 295 g/mol. The van der Waals surface area contributed by atoms with Crippen LogP contribution in [0.15, 0.2) is 22.1 Å². The maximum atomic E-state index is 13.8. The van der Waals surface area contributed by atoms with Gasteiger partial charge in [0.2, 0.25) is 5.91 Å². The van der Waals surface area contributed by atoms with Crippen molar-refractivity contribution in [1.29, 1.82) is 0 Å². The van der Waals surface area contributed by atoms with Crippen LogP contribution in [-0.2, 0) is 4.79 Å². The van der Waals surface area contributed by atoms with Crippen molar-refractivity contribution >= 4 is 18.0 Å². The van der Waals surface area contributed by atoms with Gasteiger partial charge in [0.05, 0.1) is 18.8 Å². The average molecular weight is 295 g/mol. The third-order valence-electron chi connectivity index (χ3n) is 3.64. The highest BCUT2D eigenvalue weighted by Crippen LogP contribution is 2.31. The van der Waals surface area contributed by atoms with Gasteiger partial charge in [0.25, 0.3) is 0 Å². The maximum absolute atomic E-state index is 13.8. The summed E-state index contributed by atoms with van der Waals surface area (Å²) in [6, 6.07) is 1.45. The third kappa shape index (κ3) is 2.68. The number of carbonyl (C=O) groups excluding carboxylic acids is 1. The lowest BCUT2D eigenvalue weighted by Gasteiger charge is -2.16. The van der Waals surface area contributed by atoms with Gasteiger partial charge in [0.15, 0.2) is 11.6 Å². The molecule has 7 heteroatoms. The van der Waals surface area contributed by atoms with Crippen LogP contribution in [0.2, 0.25) is 0 Å². The van der Waals surface area contributed by atoms with Crippen molar-refractivity contribution in [1.82, 2.24) is 4.90 Å². The van der Waals surface area contributed by atoms with Gasteiger partial charge in [0, 0.05) is 24.9 Å². The van der Waals surface area contributed by atoms with Gasteiger partial charge in [-0.25, -0.2) is 18.2 Å². The van der Waals surface area contributed by atoms with Crippen LogP contribution in [0.4, 0.5) is 13.2 Å². The van der Waals surface area contributed by atoms with Gasteiger partial charge >= 0.3 is 0 Å². The van der Waals surface area contributed by atoms with E-state index < -0.39 is 23.4 Å². The molecule has 21 heavy (non-hydrogen) atoms. The highest BCUT2D eigenvalue weighted by Gasteiger charge is 2.33. The van der Waals surface area contributed by atoms with Gasteiger partial charge in [-0.2, -0.15) is 0 Å². The molecule has 0 radical (unpaired) electrons. The van der Waals surface area contributed by atoms with Crippen LogP contribution in [0.1, 0.15) is 17.9 Å². The Kier molecular flexibility index (Phi) is 3.48. The Morgan fingerprint density at radius 1 is 1.29 bits per heavy atom. The quantitative estimate of drug-likeness (QED) is 0.786. The van der Waals surface area contributed by atoms with Crippen molar-refractivity contribution in [2.24, 2.45) is 9.98 Å². The molecule has 2 aliphatic heterocycles. The fraction of sp³-hybridized carbons (Fsp3) is 0.357. The van der Waals surface area contributed by atoms with E-state index in [0.29, 0.717) is 19.2 Å². The summed E-state index contributed by atoms with van der Waals surface area (Å²) in [5.74, 6) is -3.89. The normalized spacial score (nSPS) is 21.3. The van der Waals surface area contributed by atoms with E-state index in [1.807, 2.05) is 0 Å². The molecule has 1 unspecified atom stereocenters. The fourth-order valence-corrected chi connectivity index (χ4v) is 2.63. The van der Waals surface area contributed by atoms with E-state index in [-0.39, 0.29) is 24.4 Å². The summed E-state index contributed by atoms with van der Waals surface area (Å²) in [5, 5.41) is 0. The Balaban J connectivity index is 1.78. The summed E-state index contributed by atoms with van der Waals surface area (Å²) in [6.07, 6.45) is 1.46. The molecule has 1 fully saturated rings. The first-order valence-corrected chi connectivity index (χ1v) is 6.50. The van der Waals surface area contributed by atoms with E-state index in [2.05, 4.69) is 9.98 Å². The van der Waals surface area contributed by atoms with Gasteiger partial charge in [-0.05, 0) is 11.6 Å². The number of benzene rings is 1. The summed E-state index contributed by atoms with van der Waals surface area (Å²) < 4.78 is 40.3. The molecule has 0 aromatic heterocycles. The number of hydrogen-bond acceptors (Lipinski definition) is 3. The van der Waals surface area contributed by atoms with Crippen molar-refractivity contribution < 1.29 is 18.0 Å². The average Bonchev–Trinajstić information content (AvgIpc) is 3.05. The van der Waals surface area contributed by atoms with Gasteiger partial charge in [0.1, 0.15) is 12.2 Å². The Morgan fingerprint density at radius 3 is 2.81 bits per heavy atom. The number of aliphatic imine (C=N–C) groups is 2. The minimum absolute atomic E-state index is 0.0357. The number of nitrogens with zero attached hydrogens (tertiary/aromatic N) is 3. The molecule has 1 aromatic carbocycles. The molecule has 2 heterocycles. The molecule has 1 saturated heterocycles. The first-order valence-electron chi connectivity index (χ1n) is 6.50. The van der Waals surface area contributed by atoms with Crippen molar-refractivity contribution in [3.63, 3.8) is 0 Å². The predicted octanol–water partition coefficient (Wildman–Crippen LogP) is 1.90. The van der Waals surface area contributed by atoms with Crippen LogP contribution < -0.4 is 0 Å². The Labute approximate surface area is 119 Å². The van der Waals surface area contributed by atoms with E-state index >= 15 is 0 Å². The third-order valence-corrected chi connectivity index (χ3v) is 3.64. The summed E-state index contributed by atoms with van der Waals surface area (Å²) >= 11 is 0. The van der Waals surface area contributed by atoms with Crippen molar-refractivity contribution in [3.05, 3.63) is 35.1 Å². The second-order valence-corrected chi connectivity index (χ2v) is 5.12. The summed E-state index contributed by atoms with van der Waals surface area (Å²) in [5.41, 5.74) is 0.655. The standard InChI is InChI=1S/C14H12F3N3O/c15-9-2-11(14(17)12(16)3-9)8-1-13(21)20(5-8)6-10-4-18-7-19-10/h2-3,7-8H,1,4-6H2. The van der Waals surface area contributed by atoms with E-state index in [4.69, 9.17) is 0 Å². The molecule has 0 saturated carbocycles. The topological polar surface area (TPSA) is 45.0 Å². The van der Waals surface area contributed by atoms with Crippen LogP contribution >= 0.6 is 0 Å². The predicted molar refractivity (Wildman–Crippen MR) is 71.0 cm³/mol. The second-order valence-electron chi connectivity index (χ2n) is 5.12. The number of amides is 1. The molecule has 0 aliphatic carbocycles. The van der Waals surface area contributed by atoms with Crippen LogP contribution in [0.25, 0.3) is 0 Å². The highest BCUT2D eigenvalue weighted by atomic mass is 19.2. The summed E-state index contributed by atoms with van der Waals surface area (Å²) in [6.45, 7) is 0.976. The smallest absolute Gasteiger partial charge is 0.223 e. The molecular formula is C14H12F3N3O. The Bertz CT molecular complexity index is 657. The number of hydrogen-bond donors (Lipinski definition) is 0. The van der Waals surface area contributed by atoms with Crippen LogP contribution in [0.5, 0.6) is 0 Å². The zero-order valence-electron chi connectivity index (χ0n) is 11.0. The SMILES string of the molecule is O=C1CC(c2cc(F)cc(F)c2F)CN1CC1=NC=NC1. The minimum atomic E-state index is -1.23. The first kappa shape index (κ1) is 13.8. The van der Waals surface area contributed by atoms with E-state index in [0.717, 1.165) is 11.8 Å². The molecule has 1 amide bonds. The highest BCUT2D eigenvalue weighted by molar-refractivity contribution is 5.99. The lowest BCUT2D eigenvalue weighted by Crippen LogP contribution is -2.31. The number of halogens is 3. The van der Waals surface area contributed by atoms with Crippen LogP contribution in [0, 0.1) is 17.5 Å². The van der Waals surface area contributed by atoms with Gasteiger partial charge < -0.3 is 4.90 Å². The lowest BCUT2D eigenvalue weighted by molar-refractivity contribution is -0.127. The zero-order chi connectivity index (χ0) is 15.0. The van der Waals surface area contributed by atoms with Crippen LogP contribution in [-0.4, -0.2) is 42.5 Å². The van der Waals surface area contributed by atoms with Crippen molar-refractivity contribution in [3.8, 4) is 0 Å². The van der Waals surface area contributed by atoms with E-state index in [9.17, 15) is 18.0 Å². The molecule has 2 aliphatic rings. The molecular weight excluding hydrogens is 283 g/mol. The largest absolute Gasteiger partial charge is 0.336 e. The number of rotatable bonds is 3. The van der Waals surface area contributed by atoms with Gasteiger partial charge in [-0.15, -0.1) is 0 Å². The van der Waals surface area contributed by atoms with Crippen molar-refractivity contribution in [2.75, 3.05) is 19.6 Å². The van der Waals surface area contributed by atoms with Gasteiger partial charge in [-0.3, -0.25) is 9.79 Å². The Morgan fingerprint density at radius 2 is 2.10 bits per heavy atom. The first-order chi connectivity index (χ1) is 10.0. The summed E-state index contributed by atoms with van der Waals surface area (Å²) in [4.78, 5) is 21.4. The fourth-order valence-electron chi connectivity index (χ4n) is 2.63. The molecule has 0 spiro atoms. The molecule has 0 N–H and O–H groups in total. The van der Waals surface area contributed by atoms with Crippen LogP contribution in [0.3, 0.4) is 0 Å².